The van der Waals surface area contributed by atoms with E-state index < -0.39 is 5.97 Å². The maximum Gasteiger partial charge on any atom is 0.313 e. The standard InChI is InChI=1S/C9H14N2O4S/c1-10-2-3-11(4-7(10)12)8(13)5-16-6-9(14)15/h2-6H2,1H3,(H,14,15). The Bertz CT molecular complexity index is 308. The van der Waals surface area contributed by atoms with Crippen LogP contribution < -0.4 is 0 Å². The molecule has 0 aromatic carbocycles. The Labute approximate surface area is 97.6 Å². The van der Waals surface area contributed by atoms with Crippen molar-refractivity contribution in [1.29, 1.82) is 0 Å². The molecule has 0 aliphatic carbocycles. The monoisotopic (exact) mass is 246 g/mol. The highest BCUT2D eigenvalue weighted by molar-refractivity contribution is 8.00. The first-order valence-electron chi connectivity index (χ1n) is 4.82. The van der Waals surface area contributed by atoms with Crippen LogP contribution in [0.3, 0.4) is 0 Å². The van der Waals surface area contributed by atoms with E-state index in [1.807, 2.05) is 0 Å². The molecule has 1 saturated heterocycles. The molecule has 1 N–H and O–H groups in total. The van der Waals surface area contributed by atoms with Gasteiger partial charge in [-0.1, -0.05) is 0 Å². The highest BCUT2D eigenvalue weighted by Crippen LogP contribution is 2.06. The summed E-state index contributed by atoms with van der Waals surface area (Å²) < 4.78 is 0. The summed E-state index contributed by atoms with van der Waals surface area (Å²) in [5.74, 6) is -1.17. The summed E-state index contributed by atoms with van der Waals surface area (Å²) in [5, 5.41) is 8.41. The van der Waals surface area contributed by atoms with Gasteiger partial charge in [-0.2, -0.15) is 0 Å². The predicted octanol–water partition coefficient (Wildman–Crippen LogP) is -0.895. The minimum atomic E-state index is -0.938. The molecule has 0 saturated carbocycles. The van der Waals surface area contributed by atoms with Gasteiger partial charge in [0.25, 0.3) is 0 Å². The van der Waals surface area contributed by atoms with Gasteiger partial charge in [0.05, 0.1) is 18.1 Å². The van der Waals surface area contributed by atoms with Gasteiger partial charge in [0, 0.05) is 20.1 Å². The zero-order valence-corrected chi connectivity index (χ0v) is 9.83. The number of rotatable bonds is 4. The minimum absolute atomic E-state index is 0.0807. The molecule has 1 aliphatic heterocycles. The molecule has 0 radical (unpaired) electrons. The molecule has 1 rings (SSSR count). The lowest BCUT2D eigenvalue weighted by Gasteiger charge is -2.31. The Morgan fingerprint density at radius 1 is 1.38 bits per heavy atom. The molecule has 0 atom stereocenters. The van der Waals surface area contributed by atoms with Crippen molar-refractivity contribution in [2.24, 2.45) is 0 Å². The first kappa shape index (κ1) is 12.8. The Kier molecular flexibility index (Phi) is 4.60. The third-order valence-electron chi connectivity index (χ3n) is 2.26. The van der Waals surface area contributed by atoms with Crippen molar-refractivity contribution in [2.45, 2.75) is 0 Å². The number of carbonyl (C=O) groups is 3. The van der Waals surface area contributed by atoms with E-state index in [-0.39, 0.29) is 29.9 Å². The van der Waals surface area contributed by atoms with Crippen LogP contribution in [0.25, 0.3) is 0 Å². The van der Waals surface area contributed by atoms with Crippen LogP contribution >= 0.6 is 11.8 Å². The maximum atomic E-state index is 11.6. The van der Waals surface area contributed by atoms with Crippen molar-refractivity contribution in [3.63, 3.8) is 0 Å². The van der Waals surface area contributed by atoms with Gasteiger partial charge in [-0.3, -0.25) is 14.4 Å². The molecule has 0 bridgehead atoms. The molecule has 1 fully saturated rings. The predicted molar refractivity (Wildman–Crippen MR) is 59.2 cm³/mol. The van der Waals surface area contributed by atoms with Crippen LogP contribution in [-0.2, 0) is 14.4 Å². The number of hydrogen-bond acceptors (Lipinski definition) is 4. The number of aliphatic carboxylic acids is 1. The second kappa shape index (κ2) is 5.74. The lowest BCUT2D eigenvalue weighted by atomic mass is 10.3. The molecule has 7 heteroatoms. The quantitative estimate of drug-likeness (QED) is 0.696. The molecular formula is C9H14N2O4S. The zero-order chi connectivity index (χ0) is 12.1. The first-order valence-corrected chi connectivity index (χ1v) is 5.97. The molecule has 2 amide bonds. The Morgan fingerprint density at radius 2 is 2.06 bits per heavy atom. The summed E-state index contributed by atoms with van der Waals surface area (Å²) in [4.78, 5) is 36.2. The second-order valence-corrected chi connectivity index (χ2v) is 4.50. The fraction of sp³-hybridized carbons (Fsp3) is 0.667. The van der Waals surface area contributed by atoms with Crippen molar-refractivity contribution < 1.29 is 19.5 Å². The molecule has 0 unspecified atom stereocenters. The minimum Gasteiger partial charge on any atom is -0.481 e. The maximum absolute atomic E-state index is 11.6. The molecule has 0 spiro atoms. The van der Waals surface area contributed by atoms with Crippen LogP contribution in [0.5, 0.6) is 0 Å². The van der Waals surface area contributed by atoms with Crippen molar-refractivity contribution in [3.8, 4) is 0 Å². The number of hydrogen-bond donors (Lipinski definition) is 1. The number of carbonyl (C=O) groups excluding carboxylic acids is 2. The molecule has 6 nitrogen and oxygen atoms in total. The van der Waals surface area contributed by atoms with Gasteiger partial charge in [0.1, 0.15) is 0 Å². The zero-order valence-electron chi connectivity index (χ0n) is 9.01. The molecule has 0 aromatic rings. The van der Waals surface area contributed by atoms with E-state index in [0.29, 0.717) is 13.1 Å². The number of carboxylic acids is 1. The summed E-state index contributed by atoms with van der Waals surface area (Å²) in [6.07, 6.45) is 0. The van der Waals surface area contributed by atoms with Crippen LogP contribution in [0.1, 0.15) is 0 Å². The lowest BCUT2D eigenvalue weighted by molar-refractivity contribution is -0.142. The number of likely N-dealkylation sites (N-methyl/N-ethyl adjacent to an activating group) is 1. The normalized spacial score (nSPS) is 16.4. The molecular weight excluding hydrogens is 232 g/mol. The average molecular weight is 246 g/mol. The highest BCUT2D eigenvalue weighted by atomic mass is 32.2. The third kappa shape index (κ3) is 3.73. The molecule has 0 aromatic heterocycles. The Morgan fingerprint density at radius 3 is 2.62 bits per heavy atom. The molecule has 90 valence electrons. The van der Waals surface area contributed by atoms with Gasteiger partial charge in [-0.25, -0.2) is 0 Å². The van der Waals surface area contributed by atoms with Crippen molar-refractivity contribution in [2.75, 3.05) is 38.2 Å². The van der Waals surface area contributed by atoms with E-state index in [9.17, 15) is 14.4 Å². The summed E-state index contributed by atoms with van der Waals surface area (Å²) >= 11 is 1.05. The fourth-order valence-electron chi connectivity index (χ4n) is 1.29. The Hall–Kier alpha value is -1.24. The highest BCUT2D eigenvalue weighted by Gasteiger charge is 2.24. The smallest absolute Gasteiger partial charge is 0.313 e. The summed E-state index contributed by atoms with van der Waals surface area (Å²) in [5.41, 5.74) is 0. The van der Waals surface area contributed by atoms with E-state index in [2.05, 4.69) is 0 Å². The number of thioether (sulfide) groups is 1. The van der Waals surface area contributed by atoms with Crippen LogP contribution in [0.4, 0.5) is 0 Å². The number of amides is 2. The van der Waals surface area contributed by atoms with Gasteiger partial charge in [-0.05, 0) is 0 Å². The molecule has 16 heavy (non-hydrogen) atoms. The topological polar surface area (TPSA) is 77.9 Å². The van der Waals surface area contributed by atoms with Gasteiger partial charge in [0.2, 0.25) is 11.8 Å². The third-order valence-corrected chi connectivity index (χ3v) is 3.16. The van der Waals surface area contributed by atoms with E-state index >= 15 is 0 Å². The molecule has 1 aliphatic rings. The fourth-order valence-corrected chi connectivity index (χ4v) is 1.92. The average Bonchev–Trinajstić information content (AvgIpc) is 2.21. The number of piperazine rings is 1. The second-order valence-electron chi connectivity index (χ2n) is 3.52. The summed E-state index contributed by atoms with van der Waals surface area (Å²) in [6.45, 7) is 1.16. The number of nitrogens with zero attached hydrogens (tertiary/aromatic N) is 2. The van der Waals surface area contributed by atoms with Crippen LogP contribution in [0, 0.1) is 0 Å². The van der Waals surface area contributed by atoms with E-state index in [1.54, 1.807) is 11.9 Å². The van der Waals surface area contributed by atoms with Crippen molar-refractivity contribution in [3.05, 3.63) is 0 Å². The lowest BCUT2D eigenvalue weighted by Crippen LogP contribution is -2.51. The number of carboxylic acid groups (broad SMARTS) is 1. The molecule has 1 heterocycles. The largest absolute Gasteiger partial charge is 0.481 e. The van der Waals surface area contributed by atoms with E-state index in [4.69, 9.17) is 5.11 Å². The van der Waals surface area contributed by atoms with Gasteiger partial charge >= 0.3 is 5.97 Å². The van der Waals surface area contributed by atoms with E-state index in [1.165, 1.54) is 4.90 Å². The van der Waals surface area contributed by atoms with Crippen molar-refractivity contribution >= 4 is 29.5 Å². The van der Waals surface area contributed by atoms with Crippen molar-refractivity contribution in [1.82, 2.24) is 9.80 Å². The summed E-state index contributed by atoms with van der Waals surface area (Å²) in [7, 11) is 1.70. The van der Waals surface area contributed by atoms with Crippen LogP contribution in [0.15, 0.2) is 0 Å². The van der Waals surface area contributed by atoms with E-state index in [0.717, 1.165) is 11.8 Å². The Balaban J connectivity index is 2.32. The van der Waals surface area contributed by atoms with Gasteiger partial charge in [-0.15, -0.1) is 11.8 Å². The summed E-state index contributed by atoms with van der Waals surface area (Å²) in [6, 6.07) is 0. The van der Waals surface area contributed by atoms with Crippen LogP contribution in [0.2, 0.25) is 0 Å². The first-order chi connectivity index (χ1) is 7.50. The van der Waals surface area contributed by atoms with Gasteiger partial charge < -0.3 is 14.9 Å². The van der Waals surface area contributed by atoms with Gasteiger partial charge in [0.15, 0.2) is 0 Å². The van der Waals surface area contributed by atoms with Crippen LogP contribution in [-0.4, -0.2) is 70.9 Å². The SMILES string of the molecule is CN1CCN(C(=O)CSCC(=O)O)CC1=O.